The van der Waals surface area contributed by atoms with Crippen LogP contribution >= 0.6 is 11.6 Å². The first kappa shape index (κ1) is 16.5. The van der Waals surface area contributed by atoms with Gasteiger partial charge in [-0.1, -0.05) is 17.7 Å². The van der Waals surface area contributed by atoms with Crippen LogP contribution in [0.25, 0.3) is 22.5 Å². The second-order valence-corrected chi connectivity index (χ2v) is 6.19. The molecule has 3 heterocycles. The number of ether oxygens (including phenoxy) is 1. The Hall–Kier alpha value is -3.00. The quantitative estimate of drug-likeness (QED) is 0.509. The molecule has 0 spiro atoms. The Bertz CT molecular complexity index is 1100. The lowest BCUT2D eigenvalue weighted by atomic mass is 10.1. The maximum absolute atomic E-state index is 6.21. The van der Waals surface area contributed by atoms with Gasteiger partial charge in [0.15, 0.2) is 5.65 Å². The number of benzene rings is 1. The molecule has 0 amide bonds. The number of nitrogens with zero attached hydrogens (tertiary/aromatic N) is 6. The van der Waals surface area contributed by atoms with Crippen LogP contribution in [0.1, 0.15) is 17.1 Å². The Morgan fingerprint density at radius 3 is 2.81 bits per heavy atom. The Morgan fingerprint density at radius 1 is 1.19 bits per heavy atom. The highest BCUT2D eigenvalue weighted by Crippen LogP contribution is 2.28. The summed E-state index contributed by atoms with van der Waals surface area (Å²) in [5.41, 5.74) is 3.10. The van der Waals surface area contributed by atoms with Crippen molar-refractivity contribution in [2.45, 2.75) is 20.5 Å². The van der Waals surface area contributed by atoms with Gasteiger partial charge in [-0.3, -0.25) is 0 Å². The van der Waals surface area contributed by atoms with Gasteiger partial charge in [0, 0.05) is 19.5 Å². The summed E-state index contributed by atoms with van der Waals surface area (Å²) >= 11 is 6.21. The average molecular weight is 371 g/mol. The SMILES string of the molecule is Cc1nnc(-c2ccc(C)c(OCc3nn(C)c4ncnc(Cl)c34)c2)o1. The summed E-state index contributed by atoms with van der Waals surface area (Å²) in [6.45, 7) is 3.95. The Labute approximate surface area is 153 Å². The summed E-state index contributed by atoms with van der Waals surface area (Å²) in [7, 11) is 1.80. The predicted molar refractivity (Wildman–Crippen MR) is 94.9 cm³/mol. The standard InChI is InChI=1S/C17H15ClN6O2/c1-9-4-5-11(17-22-21-10(2)26-17)6-13(9)25-7-12-14-15(18)19-8-20-16(14)24(3)23-12/h4-6,8H,7H2,1-3H3. The second kappa shape index (κ2) is 6.38. The topological polar surface area (TPSA) is 91.8 Å². The molecule has 0 atom stereocenters. The molecule has 0 saturated carbocycles. The lowest BCUT2D eigenvalue weighted by Gasteiger charge is -2.09. The minimum absolute atomic E-state index is 0.234. The second-order valence-electron chi connectivity index (χ2n) is 5.83. The number of halogens is 1. The van der Waals surface area contributed by atoms with E-state index in [-0.39, 0.29) is 6.61 Å². The zero-order valence-electron chi connectivity index (χ0n) is 14.4. The third kappa shape index (κ3) is 2.88. The monoisotopic (exact) mass is 370 g/mol. The molecule has 3 aromatic heterocycles. The van der Waals surface area contributed by atoms with Gasteiger partial charge in [-0.15, -0.1) is 10.2 Å². The third-order valence-corrected chi connectivity index (χ3v) is 4.26. The van der Waals surface area contributed by atoms with Crippen LogP contribution in [0.5, 0.6) is 5.75 Å². The molecule has 0 aliphatic rings. The van der Waals surface area contributed by atoms with Gasteiger partial charge in [0.1, 0.15) is 29.5 Å². The molecule has 0 bridgehead atoms. The number of fused-ring (bicyclic) bond motifs is 1. The van der Waals surface area contributed by atoms with E-state index in [2.05, 4.69) is 25.3 Å². The molecule has 1 aromatic carbocycles. The molecule has 132 valence electrons. The molecule has 26 heavy (non-hydrogen) atoms. The predicted octanol–water partition coefficient (Wildman–Crippen LogP) is 3.26. The Balaban J connectivity index is 1.64. The van der Waals surface area contributed by atoms with Gasteiger partial charge >= 0.3 is 0 Å². The molecule has 4 aromatic rings. The third-order valence-electron chi connectivity index (χ3n) is 3.97. The fraction of sp³-hybridized carbons (Fsp3) is 0.235. The maximum atomic E-state index is 6.21. The summed E-state index contributed by atoms with van der Waals surface area (Å²) in [5, 5.41) is 13.4. The zero-order valence-corrected chi connectivity index (χ0v) is 15.2. The van der Waals surface area contributed by atoms with Crippen LogP contribution in [0, 0.1) is 13.8 Å². The summed E-state index contributed by atoms with van der Waals surface area (Å²) in [6, 6.07) is 5.72. The van der Waals surface area contributed by atoms with Gasteiger partial charge in [0.2, 0.25) is 11.8 Å². The van der Waals surface area contributed by atoms with Crippen molar-refractivity contribution in [2.75, 3.05) is 0 Å². The first-order chi connectivity index (χ1) is 12.5. The average Bonchev–Trinajstić information content (AvgIpc) is 3.19. The van der Waals surface area contributed by atoms with Crippen LogP contribution in [0.3, 0.4) is 0 Å². The van der Waals surface area contributed by atoms with E-state index in [0.29, 0.717) is 39.4 Å². The van der Waals surface area contributed by atoms with Gasteiger partial charge in [0.25, 0.3) is 0 Å². The highest BCUT2D eigenvalue weighted by atomic mass is 35.5. The molecule has 9 heteroatoms. The van der Waals surface area contributed by atoms with Crippen molar-refractivity contribution in [1.82, 2.24) is 29.9 Å². The van der Waals surface area contributed by atoms with Gasteiger partial charge in [-0.25, -0.2) is 14.6 Å². The van der Waals surface area contributed by atoms with Crippen LogP contribution in [0.15, 0.2) is 28.9 Å². The molecular formula is C17H15ClN6O2. The van der Waals surface area contributed by atoms with E-state index in [0.717, 1.165) is 11.1 Å². The molecule has 8 nitrogen and oxygen atoms in total. The summed E-state index contributed by atoms with van der Waals surface area (Å²) in [5.74, 6) is 1.66. The van der Waals surface area contributed by atoms with Crippen molar-refractivity contribution < 1.29 is 9.15 Å². The van der Waals surface area contributed by atoms with Crippen LogP contribution in [0.4, 0.5) is 0 Å². The van der Waals surface area contributed by atoms with Crippen LogP contribution in [0.2, 0.25) is 5.15 Å². The van der Waals surface area contributed by atoms with Crippen molar-refractivity contribution >= 4 is 22.6 Å². The van der Waals surface area contributed by atoms with E-state index in [9.17, 15) is 0 Å². The molecule has 4 rings (SSSR count). The molecule has 0 aliphatic heterocycles. The maximum Gasteiger partial charge on any atom is 0.247 e. The molecule has 0 radical (unpaired) electrons. The number of rotatable bonds is 4. The van der Waals surface area contributed by atoms with Gasteiger partial charge in [0.05, 0.1) is 5.39 Å². The number of hydrogen-bond acceptors (Lipinski definition) is 7. The molecule has 0 unspecified atom stereocenters. The largest absolute Gasteiger partial charge is 0.487 e. The molecule has 0 aliphatic carbocycles. The molecule has 0 fully saturated rings. The zero-order chi connectivity index (χ0) is 18.3. The molecular weight excluding hydrogens is 356 g/mol. The first-order valence-corrected chi connectivity index (χ1v) is 8.26. The highest BCUT2D eigenvalue weighted by molar-refractivity contribution is 6.34. The summed E-state index contributed by atoms with van der Waals surface area (Å²) < 4.78 is 13.1. The van der Waals surface area contributed by atoms with E-state index < -0.39 is 0 Å². The lowest BCUT2D eigenvalue weighted by Crippen LogP contribution is -2.00. The van der Waals surface area contributed by atoms with Crippen molar-refractivity contribution in [3.05, 3.63) is 46.8 Å². The highest BCUT2D eigenvalue weighted by Gasteiger charge is 2.15. The lowest BCUT2D eigenvalue weighted by molar-refractivity contribution is 0.299. The Kier molecular flexibility index (Phi) is 4.04. The van der Waals surface area contributed by atoms with Crippen molar-refractivity contribution in [3.8, 4) is 17.2 Å². The van der Waals surface area contributed by atoms with Gasteiger partial charge in [-0.2, -0.15) is 5.10 Å². The van der Waals surface area contributed by atoms with Gasteiger partial charge in [-0.05, 0) is 24.6 Å². The van der Waals surface area contributed by atoms with Gasteiger partial charge < -0.3 is 9.15 Å². The van der Waals surface area contributed by atoms with E-state index in [1.165, 1.54) is 6.33 Å². The normalized spacial score (nSPS) is 11.2. The van der Waals surface area contributed by atoms with E-state index >= 15 is 0 Å². The smallest absolute Gasteiger partial charge is 0.247 e. The van der Waals surface area contributed by atoms with E-state index in [1.807, 2.05) is 25.1 Å². The number of aromatic nitrogens is 6. The minimum atomic E-state index is 0.234. The molecule has 0 saturated heterocycles. The van der Waals surface area contributed by atoms with Crippen molar-refractivity contribution in [2.24, 2.45) is 7.05 Å². The number of aryl methyl sites for hydroxylation is 3. The van der Waals surface area contributed by atoms with Crippen LogP contribution < -0.4 is 4.74 Å². The van der Waals surface area contributed by atoms with Crippen molar-refractivity contribution in [1.29, 1.82) is 0 Å². The van der Waals surface area contributed by atoms with Crippen LogP contribution in [-0.4, -0.2) is 29.9 Å². The van der Waals surface area contributed by atoms with Crippen molar-refractivity contribution in [3.63, 3.8) is 0 Å². The fourth-order valence-corrected chi connectivity index (χ4v) is 2.91. The van der Waals surface area contributed by atoms with Crippen LogP contribution in [-0.2, 0) is 13.7 Å². The first-order valence-electron chi connectivity index (χ1n) is 7.89. The fourth-order valence-electron chi connectivity index (χ4n) is 2.68. The Morgan fingerprint density at radius 2 is 2.04 bits per heavy atom. The molecule has 0 N–H and O–H groups in total. The van der Waals surface area contributed by atoms with E-state index in [4.69, 9.17) is 20.8 Å². The summed E-state index contributed by atoms with van der Waals surface area (Å²) in [4.78, 5) is 8.24. The number of hydrogen-bond donors (Lipinski definition) is 0. The summed E-state index contributed by atoms with van der Waals surface area (Å²) in [6.07, 6.45) is 1.41. The van der Waals surface area contributed by atoms with E-state index in [1.54, 1.807) is 18.7 Å². The minimum Gasteiger partial charge on any atom is -0.487 e.